The number of nitrogens with zero attached hydrogens (tertiary/aromatic N) is 4. The lowest BCUT2D eigenvalue weighted by atomic mass is 9.91. The van der Waals surface area contributed by atoms with Crippen molar-refractivity contribution in [2.75, 3.05) is 0 Å². The highest BCUT2D eigenvalue weighted by Gasteiger charge is 2.38. The summed E-state index contributed by atoms with van der Waals surface area (Å²) in [4.78, 5) is 27.1. The third-order valence-electron chi connectivity index (χ3n) is 2.48. The van der Waals surface area contributed by atoms with E-state index in [0.29, 0.717) is 5.69 Å². The number of nitrogens with two attached hydrogens (primary N) is 1. The molecule has 92 valence electrons. The topological polar surface area (TPSA) is 115 Å². The maximum Gasteiger partial charge on any atom is 0.330 e. The lowest BCUT2D eigenvalue weighted by Crippen LogP contribution is -2.47. The van der Waals surface area contributed by atoms with Crippen molar-refractivity contribution in [2.45, 2.75) is 12.0 Å². The lowest BCUT2D eigenvalue weighted by Gasteiger charge is -2.22. The van der Waals surface area contributed by atoms with Crippen molar-refractivity contribution < 1.29 is 9.90 Å². The van der Waals surface area contributed by atoms with E-state index in [2.05, 4.69) is 19.9 Å². The fraction of sp³-hybridized carbons (Fsp3) is 0.182. The maximum atomic E-state index is 11.4. The molecule has 1 atom stereocenters. The normalized spacial score (nSPS) is 13.8. The molecule has 2 aromatic rings. The van der Waals surface area contributed by atoms with Gasteiger partial charge in [-0.3, -0.25) is 19.9 Å². The minimum absolute atomic E-state index is 0.00509. The summed E-state index contributed by atoms with van der Waals surface area (Å²) >= 11 is 0. The molecule has 7 nitrogen and oxygen atoms in total. The molecule has 0 saturated heterocycles. The number of hydrogen-bond acceptors (Lipinski definition) is 6. The molecule has 0 aliphatic heterocycles. The number of aromatic nitrogens is 4. The van der Waals surface area contributed by atoms with Gasteiger partial charge in [-0.2, -0.15) is 0 Å². The fourth-order valence-corrected chi connectivity index (χ4v) is 1.51. The van der Waals surface area contributed by atoms with Crippen LogP contribution in [-0.4, -0.2) is 31.0 Å². The molecule has 0 saturated carbocycles. The van der Waals surface area contributed by atoms with Crippen LogP contribution < -0.4 is 5.73 Å². The summed E-state index contributed by atoms with van der Waals surface area (Å²) in [5.41, 5.74) is 4.93. The van der Waals surface area contributed by atoms with Gasteiger partial charge >= 0.3 is 5.97 Å². The molecule has 0 unspecified atom stereocenters. The van der Waals surface area contributed by atoms with Crippen molar-refractivity contribution in [1.29, 1.82) is 0 Å². The van der Waals surface area contributed by atoms with E-state index in [-0.39, 0.29) is 12.1 Å². The van der Waals surface area contributed by atoms with E-state index in [1.54, 1.807) is 0 Å². The van der Waals surface area contributed by atoms with E-state index in [1.807, 2.05) is 0 Å². The zero-order valence-corrected chi connectivity index (χ0v) is 9.39. The zero-order valence-electron chi connectivity index (χ0n) is 9.39. The smallest absolute Gasteiger partial charge is 0.330 e. The summed E-state index contributed by atoms with van der Waals surface area (Å²) in [7, 11) is 0. The second kappa shape index (κ2) is 4.84. The van der Waals surface area contributed by atoms with Gasteiger partial charge in [-0.1, -0.05) is 0 Å². The molecular formula is C11H11N5O2. The van der Waals surface area contributed by atoms with E-state index in [1.165, 1.54) is 37.2 Å². The first-order chi connectivity index (χ1) is 8.63. The molecular weight excluding hydrogens is 234 g/mol. The first kappa shape index (κ1) is 12.1. The Morgan fingerprint density at radius 1 is 1.17 bits per heavy atom. The quantitative estimate of drug-likeness (QED) is 0.762. The molecule has 0 aliphatic rings. The monoisotopic (exact) mass is 245 g/mol. The van der Waals surface area contributed by atoms with Gasteiger partial charge in [-0.25, -0.2) is 4.79 Å². The van der Waals surface area contributed by atoms with Crippen LogP contribution in [0.1, 0.15) is 11.4 Å². The van der Waals surface area contributed by atoms with Crippen LogP contribution >= 0.6 is 0 Å². The molecule has 0 fully saturated rings. The molecule has 2 heterocycles. The Bertz CT molecular complexity index is 534. The summed E-state index contributed by atoms with van der Waals surface area (Å²) < 4.78 is 0. The summed E-state index contributed by atoms with van der Waals surface area (Å²) in [5.74, 6) is -1.19. The standard InChI is InChI=1S/C11H11N5O2/c12-11(10(17)18,9-7-14-2-4-16-9)5-8-6-13-1-3-15-8/h1-4,6-7H,5,12H2,(H,17,18)/t11-/m0/s1. The molecule has 0 aliphatic carbocycles. The molecule has 0 aromatic carbocycles. The van der Waals surface area contributed by atoms with E-state index >= 15 is 0 Å². The molecule has 7 heteroatoms. The summed E-state index contributed by atoms with van der Waals surface area (Å²) in [6.45, 7) is 0. The van der Waals surface area contributed by atoms with Crippen LogP contribution in [0.5, 0.6) is 0 Å². The van der Waals surface area contributed by atoms with E-state index in [9.17, 15) is 9.90 Å². The minimum atomic E-state index is -1.66. The number of carboxylic acid groups (broad SMARTS) is 1. The first-order valence-corrected chi connectivity index (χ1v) is 5.16. The van der Waals surface area contributed by atoms with Gasteiger partial charge in [0, 0.05) is 37.4 Å². The van der Waals surface area contributed by atoms with Gasteiger partial charge in [-0.15, -0.1) is 0 Å². The summed E-state index contributed by atoms with van der Waals surface area (Å²) in [6, 6.07) is 0. The van der Waals surface area contributed by atoms with Crippen LogP contribution in [0.4, 0.5) is 0 Å². The predicted molar refractivity (Wildman–Crippen MR) is 61.3 cm³/mol. The average molecular weight is 245 g/mol. The van der Waals surface area contributed by atoms with Crippen molar-refractivity contribution >= 4 is 5.97 Å². The van der Waals surface area contributed by atoms with Gasteiger partial charge < -0.3 is 10.8 Å². The van der Waals surface area contributed by atoms with Crippen molar-refractivity contribution in [3.05, 3.63) is 48.6 Å². The first-order valence-electron chi connectivity index (χ1n) is 5.16. The van der Waals surface area contributed by atoms with E-state index in [4.69, 9.17) is 5.73 Å². The highest BCUT2D eigenvalue weighted by molar-refractivity contribution is 5.80. The highest BCUT2D eigenvalue weighted by atomic mass is 16.4. The lowest BCUT2D eigenvalue weighted by molar-refractivity contribution is -0.143. The summed E-state index contributed by atoms with van der Waals surface area (Å²) in [5, 5.41) is 9.31. The number of carbonyl (C=O) groups is 1. The Labute approximate surface area is 103 Å². The van der Waals surface area contributed by atoms with Crippen LogP contribution in [0.15, 0.2) is 37.2 Å². The molecule has 0 amide bonds. The molecule has 0 radical (unpaired) electrons. The summed E-state index contributed by atoms with van der Waals surface area (Å²) in [6.07, 6.45) is 8.64. The van der Waals surface area contributed by atoms with Crippen LogP contribution in [0.25, 0.3) is 0 Å². The van der Waals surface area contributed by atoms with Crippen molar-refractivity contribution in [3.8, 4) is 0 Å². The van der Waals surface area contributed by atoms with Gasteiger partial charge in [0.1, 0.15) is 0 Å². The number of aliphatic carboxylic acids is 1. The number of rotatable bonds is 4. The van der Waals surface area contributed by atoms with Gasteiger partial charge in [0.15, 0.2) is 5.54 Å². The average Bonchev–Trinajstić information content (AvgIpc) is 2.40. The van der Waals surface area contributed by atoms with E-state index < -0.39 is 11.5 Å². The van der Waals surface area contributed by atoms with Crippen LogP contribution in [-0.2, 0) is 16.8 Å². The second-order valence-electron chi connectivity index (χ2n) is 3.74. The Morgan fingerprint density at radius 3 is 2.33 bits per heavy atom. The molecule has 3 N–H and O–H groups in total. The van der Waals surface area contributed by atoms with Crippen LogP contribution in [0.3, 0.4) is 0 Å². The highest BCUT2D eigenvalue weighted by Crippen LogP contribution is 2.20. The largest absolute Gasteiger partial charge is 0.480 e. The van der Waals surface area contributed by atoms with Gasteiger partial charge in [0.25, 0.3) is 0 Å². The number of hydrogen-bond donors (Lipinski definition) is 2. The van der Waals surface area contributed by atoms with Crippen molar-refractivity contribution in [3.63, 3.8) is 0 Å². The van der Waals surface area contributed by atoms with Crippen molar-refractivity contribution in [1.82, 2.24) is 19.9 Å². The molecule has 18 heavy (non-hydrogen) atoms. The van der Waals surface area contributed by atoms with Gasteiger partial charge in [0.05, 0.1) is 17.6 Å². The Morgan fingerprint density at radius 2 is 1.83 bits per heavy atom. The minimum Gasteiger partial charge on any atom is -0.480 e. The molecule has 0 bridgehead atoms. The third kappa shape index (κ3) is 2.30. The molecule has 0 spiro atoms. The predicted octanol–water partition coefficient (Wildman–Crippen LogP) is -0.252. The molecule has 2 rings (SSSR count). The Balaban J connectivity index is 2.37. The number of carboxylic acids is 1. The third-order valence-corrected chi connectivity index (χ3v) is 2.48. The van der Waals surface area contributed by atoms with Crippen molar-refractivity contribution in [2.24, 2.45) is 5.73 Å². The zero-order chi connectivity index (χ0) is 13.0. The Hall–Kier alpha value is -2.41. The SMILES string of the molecule is N[C@](Cc1cnccn1)(C(=O)O)c1cnccn1. The maximum absolute atomic E-state index is 11.4. The van der Waals surface area contributed by atoms with Crippen LogP contribution in [0.2, 0.25) is 0 Å². The Kier molecular flexibility index (Phi) is 3.24. The van der Waals surface area contributed by atoms with Crippen LogP contribution in [0, 0.1) is 0 Å². The second-order valence-corrected chi connectivity index (χ2v) is 3.74. The molecule has 2 aromatic heterocycles. The van der Waals surface area contributed by atoms with Gasteiger partial charge in [0.2, 0.25) is 0 Å². The van der Waals surface area contributed by atoms with E-state index in [0.717, 1.165) is 0 Å². The fourth-order valence-electron chi connectivity index (χ4n) is 1.51. The van der Waals surface area contributed by atoms with Gasteiger partial charge in [-0.05, 0) is 0 Å².